The van der Waals surface area contributed by atoms with Gasteiger partial charge in [-0.15, -0.1) is 0 Å². The molecule has 0 spiro atoms. The number of hydrogen-bond donors (Lipinski definition) is 3. The highest BCUT2D eigenvalue weighted by Crippen LogP contribution is 2.22. The van der Waals surface area contributed by atoms with Crippen molar-refractivity contribution in [3.8, 4) is 0 Å². The quantitative estimate of drug-likeness (QED) is 0.650. The number of benzene rings is 1. The third-order valence-electron chi connectivity index (χ3n) is 2.08. The normalized spacial score (nSPS) is 14.2. The van der Waals surface area contributed by atoms with Crippen LogP contribution in [0.25, 0.3) is 0 Å². The smallest absolute Gasteiger partial charge is 0.249 e. The van der Waals surface area contributed by atoms with Crippen molar-refractivity contribution in [1.29, 1.82) is 0 Å². The molecule has 0 heterocycles. The van der Waals surface area contributed by atoms with Crippen LogP contribution in [0.4, 0.5) is 0 Å². The van der Waals surface area contributed by atoms with E-state index in [-0.39, 0.29) is 16.1 Å². The number of aliphatic hydroxyl groups excluding tert-OH is 2. The number of aliphatic hydroxyl groups is 2. The van der Waals surface area contributed by atoms with Gasteiger partial charge in [0, 0.05) is 5.56 Å². The molecule has 2 unspecified atom stereocenters. The number of nitrogens with two attached hydrogens (primary N) is 1. The predicted molar refractivity (Wildman–Crippen MR) is 57.0 cm³/mol. The zero-order chi connectivity index (χ0) is 12.3. The van der Waals surface area contributed by atoms with Crippen LogP contribution < -0.4 is 5.73 Å². The second-order valence-electron chi connectivity index (χ2n) is 3.19. The fraction of sp³-hybridized carbons (Fsp3) is 0.200. The van der Waals surface area contributed by atoms with Crippen molar-refractivity contribution in [1.82, 2.24) is 0 Å². The maximum atomic E-state index is 10.7. The van der Waals surface area contributed by atoms with Crippen molar-refractivity contribution in [2.45, 2.75) is 12.2 Å². The summed E-state index contributed by atoms with van der Waals surface area (Å²) in [5, 5.41) is 19.0. The summed E-state index contributed by atoms with van der Waals surface area (Å²) in [5.41, 5.74) is 5.18. The molecular weight excluding hydrogens is 234 g/mol. The summed E-state index contributed by atoms with van der Waals surface area (Å²) in [5.74, 6) is -1.05. The Bertz CT molecular complexity index is 421. The molecule has 0 aromatic heterocycles. The summed E-state index contributed by atoms with van der Waals surface area (Å²) >= 11 is 5.68. The SMILES string of the molecule is NC(=O)C(O)C(O)c1ccc(Cl)c(C=O)c1. The molecule has 86 valence electrons. The van der Waals surface area contributed by atoms with Gasteiger partial charge in [-0.3, -0.25) is 9.59 Å². The van der Waals surface area contributed by atoms with E-state index in [1.54, 1.807) is 0 Å². The summed E-state index contributed by atoms with van der Waals surface area (Å²) in [7, 11) is 0. The van der Waals surface area contributed by atoms with Crippen LogP contribution in [-0.4, -0.2) is 28.5 Å². The molecule has 6 heteroatoms. The van der Waals surface area contributed by atoms with Crippen LogP contribution in [0.1, 0.15) is 22.0 Å². The lowest BCUT2D eigenvalue weighted by atomic mass is 10.0. The molecule has 2 atom stereocenters. The number of halogens is 1. The molecule has 5 nitrogen and oxygen atoms in total. The van der Waals surface area contributed by atoms with E-state index < -0.39 is 18.1 Å². The van der Waals surface area contributed by atoms with Crippen LogP contribution in [0.5, 0.6) is 0 Å². The van der Waals surface area contributed by atoms with Crippen molar-refractivity contribution in [3.05, 3.63) is 34.3 Å². The van der Waals surface area contributed by atoms with Crippen LogP contribution in [0, 0.1) is 0 Å². The number of carbonyl (C=O) groups is 2. The molecule has 0 aliphatic carbocycles. The van der Waals surface area contributed by atoms with E-state index in [0.717, 1.165) is 0 Å². The standard InChI is InChI=1S/C10H10ClNO4/c11-7-2-1-5(3-6(7)4-13)8(14)9(15)10(12)16/h1-4,8-9,14-15H,(H2,12,16). The van der Waals surface area contributed by atoms with Crippen molar-refractivity contribution in [2.24, 2.45) is 5.73 Å². The predicted octanol–water partition coefficient (Wildman–Crippen LogP) is 0.0321. The fourth-order valence-electron chi connectivity index (χ4n) is 1.17. The minimum absolute atomic E-state index is 0.162. The monoisotopic (exact) mass is 243 g/mol. The Morgan fingerprint density at radius 1 is 1.44 bits per heavy atom. The minimum Gasteiger partial charge on any atom is -0.385 e. The van der Waals surface area contributed by atoms with E-state index >= 15 is 0 Å². The van der Waals surface area contributed by atoms with Gasteiger partial charge in [0.2, 0.25) is 5.91 Å². The largest absolute Gasteiger partial charge is 0.385 e. The van der Waals surface area contributed by atoms with Crippen molar-refractivity contribution in [3.63, 3.8) is 0 Å². The molecule has 16 heavy (non-hydrogen) atoms. The summed E-state index contributed by atoms with van der Waals surface area (Å²) in [6.45, 7) is 0. The van der Waals surface area contributed by atoms with Gasteiger partial charge < -0.3 is 15.9 Å². The van der Waals surface area contributed by atoms with Crippen molar-refractivity contribution in [2.75, 3.05) is 0 Å². The Labute approximate surface area is 96.4 Å². The van der Waals surface area contributed by atoms with Crippen LogP contribution in [0.3, 0.4) is 0 Å². The van der Waals surface area contributed by atoms with Crippen molar-refractivity contribution >= 4 is 23.8 Å². The average Bonchev–Trinajstić information content (AvgIpc) is 2.27. The molecule has 0 radical (unpaired) electrons. The van der Waals surface area contributed by atoms with Gasteiger partial charge in [0.1, 0.15) is 6.10 Å². The van der Waals surface area contributed by atoms with E-state index in [0.29, 0.717) is 6.29 Å². The maximum Gasteiger partial charge on any atom is 0.249 e. The molecule has 0 saturated heterocycles. The zero-order valence-corrected chi connectivity index (χ0v) is 8.89. The van der Waals surface area contributed by atoms with E-state index in [1.165, 1.54) is 18.2 Å². The zero-order valence-electron chi connectivity index (χ0n) is 8.13. The number of amides is 1. The molecule has 0 aliphatic rings. The van der Waals surface area contributed by atoms with Gasteiger partial charge in [-0.1, -0.05) is 17.7 Å². The number of hydrogen-bond acceptors (Lipinski definition) is 4. The molecule has 1 rings (SSSR count). The van der Waals surface area contributed by atoms with Crippen molar-refractivity contribution < 1.29 is 19.8 Å². The molecular formula is C10H10ClNO4. The van der Waals surface area contributed by atoms with Gasteiger partial charge in [-0.25, -0.2) is 0 Å². The fourth-order valence-corrected chi connectivity index (χ4v) is 1.34. The molecule has 1 aromatic rings. The lowest BCUT2D eigenvalue weighted by Gasteiger charge is -2.15. The second-order valence-corrected chi connectivity index (χ2v) is 3.60. The maximum absolute atomic E-state index is 10.7. The first-order chi connectivity index (χ1) is 7.47. The van der Waals surface area contributed by atoms with Gasteiger partial charge in [0.15, 0.2) is 12.4 Å². The van der Waals surface area contributed by atoms with Gasteiger partial charge >= 0.3 is 0 Å². The molecule has 0 saturated carbocycles. The molecule has 0 bridgehead atoms. The van der Waals surface area contributed by atoms with Gasteiger partial charge in [0.25, 0.3) is 0 Å². The Hall–Kier alpha value is -1.43. The van der Waals surface area contributed by atoms with Crippen LogP contribution in [0.2, 0.25) is 5.02 Å². The highest BCUT2D eigenvalue weighted by atomic mass is 35.5. The molecule has 1 aromatic carbocycles. The van der Waals surface area contributed by atoms with Gasteiger partial charge in [0.05, 0.1) is 5.02 Å². The highest BCUT2D eigenvalue weighted by Gasteiger charge is 2.23. The molecule has 0 aliphatic heterocycles. The summed E-state index contributed by atoms with van der Waals surface area (Å²) < 4.78 is 0. The Kier molecular flexibility index (Phi) is 4.00. The van der Waals surface area contributed by atoms with E-state index in [1.807, 2.05) is 0 Å². The highest BCUT2D eigenvalue weighted by molar-refractivity contribution is 6.32. The second kappa shape index (κ2) is 5.07. The van der Waals surface area contributed by atoms with Crippen LogP contribution >= 0.6 is 11.6 Å². The summed E-state index contributed by atoms with van der Waals surface area (Å²) in [4.78, 5) is 21.2. The Morgan fingerprint density at radius 3 is 2.56 bits per heavy atom. The molecule has 4 N–H and O–H groups in total. The van der Waals surface area contributed by atoms with Gasteiger partial charge in [-0.2, -0.15) is 0 Å². The first-order valence-corrected chi connectivity index (χ1v) is 4.75. The average molecular weight is 244 g/mol. The van der Waals surface area contributed by atoms with Gasteiger partial charge in [-0.05, 0) is 17.7 Å². The van der Waals surface area contributed by atoms with Crippen LogP contribution in [0.15, 0.2) is 18.2 Å². The minimum atomic E-state index is -1.72. The lowest BCUT2D eigenvalue weighted by Crippen LogP contribution is -2.33. The number of rotatable bonds is 4. The summed E-state index contributed by atoms with van der Waals surface area (Å²) in [6.07, 6.45) is -2.69. The van der Waals surface area contributed by atoms with E-state index in [4.69, 9.17) is 17.3 Å². The van der Waals surface area contributed by atoms with Crippen LogP contribution in [-0.2, 0) is 4.79 Å². The molecule has 0 fully saturated rings. The lowest BCUT2D eigenvalue weighted by molar-refractivity contribution is -0.131. The van der Waals surface area contributed by atoms with E-state index in [9.17, 15) is 19.8 Å². The number of aldehydes is 1. The summed E-state index contributed by atoms with van der Waals surface area (Å²) in [6, 6.07) is 4.07. The number of primary amides is 1. The first-order valence-electron chi connectivity index (χ1n) is 4.37. The molecule has 1 amide bonds. The first kappa shape index (κ1) is 12.6. The topological polar surface area (TPSA) is 101 Å². The third kappa shape index (κ3) is 2.57. The Morgan fingerprint density at radius 2 is 2.06 bits per heavy atom. The third-order valence-corrected chi connectivity index (χ3v) is 2.42. The van der Waals surface area contributed by atoms with E-state index in [2.05, 4.69) is 0 Å². The Balaban J connectivity index is 3.05. The number of carbonyl (C=O) groups excluding carboxylic acids is 2.